The zero-order chi connectivity index (χ0) is 16.2. The summed E-state index contributed by atoms with van der Waals surface area (Å²) < 4.78 is 13.2. The van der Waals surface area contributed by atoms with Crippen molar-refractivity contribution in [2.24, 2.45) is 0 Å². The molecule has 1 amide bonds. The van der Waals surface area contributed by atoms with Crippen molar-refractivity contribution in [3.05, 3.63) is 70.8 Å². The number of halogens is 1. The molecule has 3 nitrogen and oxygen atoms in total. The molecule has 0 unspecified atom stereocenters. The first-order chi connectivity index (χ1) is 11.1. The number of pyridine rings is 1. The lowest BCUT2D eigenvalue weighted by atomic mass is 10.0. The van der Waals surface area contributed by atoms with E-state index in [2.05, 4.69) is 11.1 Å². The lowest BCUT2D eigenvalue weighted by Gasteiger charge is -2.28. The Morgan fingerprint density at radius 1 is 1.17 bits per heavy atom. The van der Waals surface area contributed by atoms with Gasteiger partial charge in [0.05, 0.1) is 5.69 Å². The average molecular weight is 310 g/mol. The molecule has 0 bridgehead atoms. The molecule has 0 N–H and O–H groups in total. The Labute approximate surface area is 135 Å². The number of carbonyl (C=O) groups is 1. The van der Waals surface area contributed by atoms with Gasteiger partial charge in [0.15, 0.2) is 0 Å². The minimum atomic E-state index is -0.376. The lowest BCUT2D eigenvalue weighted by molar-refractivity contribution is 0.0743. The zero-order valence-corrected chi connectivity index (χ0v) is 13.1. The predicted molar refractivity (Wildman–Crippen MR) is 88.5 cm³/mol. The molecule has 0 spiro atoms. The molecular formula is C19H19FN2O. The van der Waals surface area contributed by atoms with Gasteiger partial charge in [0.1, 0.15) is 5.82 Å². The Morgan fingerprint density at radius 2 is 1.91 bits per heavy atom. The van der Waals surface area contributed by atoms with E-state index in [1.807, 2.05) is 25.1 Å². The molecule has 0 atom stereocenters. The number of piperidine rings is 1. The fourth-order valence-electron chi connectivity index (χ4n) is 2.80. The van der Waals surface area contributed by atoms with E-state index >= 15 is 0 Å². The number of hydrogen-bond acceptors (Lipinski definition) is 2. The molecule has 2 aromatic rings. The van der Waals surface area contributed by atoms with Crippen LogP contribution in [0.1, 0.15) is 34.6 Å². The van der Waals surface area contributed by atoms with Gasteiger partial charge in [-0.15, -0.1) is 0 Å². The van der Waals surface area contributed by atoms with Crippen LogP contribution in [0.15, 0.2) is 48.0 Å². The minimum absolute atomic E-state index is 0.0998. The summed E-state index contributed by atoms with van der Waals surface area (Å²) in [6.07, 6.45) is 3.77. The Bertz CT molecular complexity index is 745. The van der Waals surface area contributed by atoms with Gasteiger partial charge in [-0.05, 0) is 56.2 Å². The molecular weight excluding hydrogens is 291 g/mol. The number of hydrogen-bond donors (Lipinski definition) is 0. The highest BCUT2D eigenvalue weighted by atomic mass is 19.1. The fourth-order valence-corrected chi connectivity index (χ4v) is 2.80. The zero-order valence-electron chi connectivity index (χ0n) is 13.1. The summed E-state index contributed by atoms with van der Waals surface area (Å²) in [5.41, 5.74) is 3.67. The third kappa shape index (κ3) is 3.83. The third-order valence-electron chi connectivity index (χ3n) is 4.03. The van der Waals surface area contributed by atoms with E-state index in [1.165, 1.54) is 17.7 Å². The summed E-state index contributed by atoms with van der Waals surface area (Å²) >= 11 is 0. The maximum Gasteiger partial charge on any atom is 0.253 e. The van der Waals surface area contributed by atoms with Crippen molar-refractivity contribution in [3.63, 3.8) is 0 Å². The van der Waals surface area contributed by atoms with Crippen LogP contribution < -0.4 is 0 Å². The number of benzene rings is 1. The first-order valence-corrected chi connectivity index (χ1v) is 7.80. The van der Waals surface area contributed by atoms with Gasteiger partial charge in [-0.25, -0.2) is 4.39 Å². The second kappa shape index (κ2) is 6.73. The molecule has 0 aliphatic carbocycles. The second-order valence-electron chi connectivity index (χ2n) is 5.81. The Kier molecular flexibility index (Phi) is 4.51. The highest BCUT2D eigenvalue weighted by molar-refractivity contribution is 5.94. The quantitative estimate of drug-likeness (QED) is 0.844. The van der Waals surface area contributed by atoms with Crippen LogP contribution in [0.4, 0.5) is 4.39 Å². The van der Waals surface area contributed by atoms with E-state index in [1.54, 1.807) is 17.0 Å². The summed E-state index contributed by atoms with van der Waals surface area (Å²) in [6.45, 7) is 3.29. The van der Waals surface area contributed by atoms with Crippen molar-refractivity contribution in [1.82, 2.24) is 9.88 Å². The molecule has 0 radical (unpaired) electrons. The topological polar surface area (TPSA) is 33.2 Å². The van der Waals surface area contributed by atoms with Crippen LogP contribution in [0.2, 0.25) is 0 Å². The van der Waals surface area contributed by atoms with E-state index in [0.717, 1.165) is 24.2 Å². The van der Waals surface area contributed by atoms with Gasteiger partial charge >= 0.3 is 0 Å². The summed E-state index contributed by atoms with van der Waals surface area (Å²) in [5, 5.41) is 0. The molecule has 0 saturated carbocycles. The monoisotopic (exact) mass is 310 g/mol. The first-order valence-electron chi connectivity index (χ1n) is 7.80. The molecule has 4 heteroatoms. The van der Waals surface area contributed by atoms with Gasteiger partial charge in [-0.2, -0.15) is 0 Å². The van der Waals surface area contributed by atoms with Crippen LogP contribution in [-0.4, -0.2) is 28.9 Å². The molecule has 118 valence electrons. The van der Waals surface area contributed by atoms with Crippen molar-refractivity contribution >= 4 is 12.0 Å². The number of aryl methyl sites for hydroxylation is 1. The normalized spacial score (nSPS) is 14.7. The molecule has 3 rings (SSSR count). The van der Waals surface area contributed by atoms with Crippen molar-refractivity contribution in [1.29, 1.82) is 0 Å². The van der Waals surface area contributed by atoms with E-state index in [4.69, 9.17) is 0 Å². The summed E-state index contributed by atoms with van der Waals surface area (Å²) in [6, 6.07) is 11.8. The number of carbonyl (C=O) groups excluding carboxylic acids is 1. The lowest BCUT2D eigenvalue weighted by Crippen LogP contribution is -2.36. The van der Waals surface area contributed by atoms with E-state index in [9.17, 15) is 9.18 Å². The van der Waals surface area contributed by atoms with Crippen LogP contribution in [0, 0.1) is 12.7 Å². The third-order valence-corrected chi connectivity index (χ3v) is 4.03. The highest BCUT2D eigenvalue weighted by Crippen LogP contribution is 2.20. The summed E-state index contributed by atoms with van der Waals surface area (Å²) in [7, 11) is 0. The Hall–Kier alpha value is -2.49. The van der Waals surface area contributed by atoms with Gasteiger partial charge in [0, 0.05) is 24.3 Å². The van der Waals surface area contributed by atoms with Crippen molar-refractivity contribution in [2.75, 3.05) is 13.1 Å². The molecule has 1 aromatic heterocycles. The maximum atomic E-state index is 13.2. The van der Waals surface area contributed by atoms with Crippen molar-refractivity contribution in [3.8, 4) is 0 Å². The summed E-state index contributed by atoms with van der Waals surface area (Å²) in [5.74, 6) is -0.476. The maximum absolute atomic E-state index is 13.2. The first kappa shape index (κ1) is 15.4. The van der Waals surface area contributed by atoms with E-state index in [-0.39, 0.29) is 11.7 Å². The Morgan fingerprint density at radius 3 is 2.61 bits per heavy atom. The van der Waals surface area contributed by atoms with Gasteiger partial charge in [-0.1, -0.05) is 17.7 Å². The van der Waals surface area contributed by atoms with Gasteiger partial charge in [-0.3, -0.25) is 9.78 Å². The second-order valence-corrected chi connectivity index (χ2v) is 5.81. The average Bonchev–Trinajstić information content (AvgIpc) is 2.55. The summed E-state index contributed by atoms with van der Waals surface area (Å²) in [4.78, 5) is 18.7. The standard InChI is InChI=1S/C19H19FN2O/c1-14-4-2-7-18(21-14)12-15-8-10-22(11-9-15)19(23)16-5-3-6-17(20)13-16/h2-7,12-13H,8-11H2,1H3. The van der Waals surface area contributed by atoms with E-state index in [0.29, 0.717) is 18.7 Å². The van der Waals surface area contributed by atoms with Crippen LogP contribution >= 0.6 is 0 Å². The number of amides is 1. The smallest absolute Gasteiger partial charge is 0.253 e. The van der Waals surface area contributed by atoms with Crippen LogP contribution in [-0.2, 0) is 0 Å². The number of nitrogens with zero attached hydrogens (tertiary/aromatic N) is 2. The molecule has 23 heavy (non-hydrogen) atoms. The van der Waals surface area contributed by atoms with Crippen molar-refractivity contribution < 1.29 is 9.18 Å². The number of aromatic nitrogens is 1. The van der Waals surface area contributed by atoms with Gasteiger partial charge < -0.3 is 4.90 Å². The molecule has 2 heterocycles. The van der Waals surface area contributed by atoms with Gasteiger partial charge in [0.2, 0.25) is 0 Å². The van der Waals surface area contributed by atoms with Crippen molar-refractivity contribution in [2.45, 2.75) is 19.8 Å². The molecule has 1 aliphatic heterocycles. The van der Waals surface area contributed by atoms with Crippen LogP contribution in [0.25, 0.3) is 6.08 Å². The molecule has 1 fully saturated rings. The number of rotatable bonds is 2. The largest absolute Gasteiger partial charge is 0.338 e. The highest BCUT2D eigenvalue weighted by Gasteiger charge is 2.20. The number of likely N-dealkylation sites (tertiary alicyclic amines) is 1. The fraction of sp³-hybridized carbons (Fsp3) is 0.263. The molecule has 1 saturated heterocycles. The van der Waals surface area contributed by atoms with Crippen LogP contribution in [0.5, 0.6) is 0 Å². The van der Waals surface area contributed by atoms with Gasteiger partial charge in [0.25, 0.3) is 5.91 Å². The minimum Gasteiger partial charge on any atom is -0.338 e. The van der Waals surface area contributed by atoms with E-state index < -0.39 is 0 Å². The van der Waals surface area contributed by atoms with Crippen LogP contribution in [0.3, 0.4) is 0 Å². The Balaban J connectivity index is 1.65. The molecule has 1 aliphatic rings. The predicted octanol–water partition coefficient (Wildman–Crippen LogP) is 3.85. The SMILES string of the molecule is Cc1cccc(C=C2CCN(C(=O)c3cccc(F)c3)CC2)n1. The molecule has 1 aromatic carbocycles.